The van der Waals surface area contributed by atoms with Gasteiger partial charge in [-0.15, -0.1) is 0 Å². The highest BCUT2D eigenvalue weighted by Crippen LogP contribution is 2.38. The van der Waals surface area contributed by atoms with Gasteiger partial charge in [-0.2, -0.15) is 0 Å². The highest BCUT2D eigenvalue weighted by Gasteiger charge is 2.61. The van der Waals surface area contributed by atoms with Crippen LogP contribution in [-0.2, 0) is 38.1 Å². The zero-order valence-corrected chi connectivity index (χ0v) is 16.9. The van der Waals surface area contributed by atoms with Gasteiger partial charge in [-0.05, 0) is 26.0 Å². The van der Waals surface area contributed by atoms with Gasteiger partial charge in [0.05, 0.1) is 5.56 Å². The molecule has 1 heterocycles. The van der Waals surface area contributed by atoms with Crippen LogP contribution < -0.4 is 0 Å². The summed E-state index contributed by atoms with van der Waals surface area (Å²) in [5.41, 5.74) is -0.307. The smallest absolute Gasteiger partial charge is 0.338 e. The van der Waals surface area contributed by atoms with Gasteiger partial charge in [0.1, 0.15) is 12.7 Å². The summed E-state index contributed by atoms with van der Waals surface area (Å²) >= 11 is 0. The first-order valence-electron chi connectivity index (χ1n) is 8.96. The van der Waals surface area contributed by atoms with Crippen molar-refractivity contribution in [2.75, 3.05) is 6.61 Å². The molecule has 0 unspecified atom stereocenters. The number of carbonyl (C=O) groups is 4. The Hall–Kier alpha value is -2.94. The lowest BCUT2D eigenvalue weighted by Crippen LogP contribution is -2.52. The van der Waals surface area contributed by atoms with Crippen LogP contribution in [0.3, 0.4) is 0 Å². The first kappa shape index (κ1) is 22.4. The van der Waals surface area contributed by atoms with E-state index in [1.807, 2.05) is 6.92 Å². The van der Waals surface area contributed by atoms with Gasteiger partial charge in [0.25, 0.3) is 0 Å². The molecule has 4 atom stereocenters. The number of hydrogen-bond acceptors (Lipinski definition) is 9. The van der Waals surface area contributed by atoms with E-state index in [4.69, 9.17) is 23.7 Å². The predicted molar refractivity (Wildman–Crippen MR) is 97.6 cm³/mol. The molecule has 0 spiro atoms. The second-order valence-electron chi connectivity index (χ2n) is 6.89. The van der Waals surface area contributed by atoms with E-state index >= 15 is 0 Å². The first-order chi connectivity index (χ1) is 13.5. The van der Waals surface area contributed by atoms with Gasteiger partial charge in [0.2, 0.25) is 11.9 Å². The van der Waals surface area contributed by atoms with Gasteiger partial charge in [-0.25, -0.2) is 4.79 Å². The molecule has 9 nitrogen and oxygen atoms in total. The summed E-state index contributed by atoms with van der Waals surface area (Å²) in [4.78, 5) is 46.9. The molecule has 1 aromatic carbocycles. The summed E-state index contributed by atoms with van der Waals surface area (Å²) in [6, 6.07) is 6.75. The number of rotatable bonds is 6. The standard InChI is InChI=1S/C20H24O9/c1-11-6-8-15(9-7-11)18(24)25-10-16-17(26-12(2)21)20(5,29-14(4)23)19(28-16)27-13(3)22/h6-9,16-17,19H,10H2,1-5H3/t16-,17-,19-,20-/m1/s1. The molecule has 1 saturated heterocycles. The van der Waals surface area contributed by atoms with E-state index < -0.39 is 48.0 Å². The van der Waals surface area contributed by atoms with Crippen LogP contribution >= 0.6 is 0 Å². The van der Waals surface area contributed by atoms with Crippen LogP contribution in [0, 0.1) is 6.92 Å². The van der Waals surface area contributed by atoms with E-state index in [0.29, 0.717) is 5.56 Å². The molecule has 158 valence electrons. The Kier molecular flexibility index (Phi) is 6.97. The number of aryl methyl sites for hydroxylation is 1. The zero-order valence-electron chi connectivity index (χ0n) is 16.9. The number of hydrogen-bond donors (Lipinski definition) is 0. The second-order valence-corrected chi connectivity index (χ2v) is 6.89. The van der Waals surface area contributed by atoms with Crippen molar-refractivity contribution in [1.82, 2.24) is 0 Å². The predicted octanol–water partition coefficient (Wildman–Crippen LogP) is 1.69. The normalized spacial score (nSPS) is 25.8. The van der Waals surface area contributed by atoms with Crippen LogP contribution in [0.1, 0.15) is 43.6 Å². The molecule has 0 amide bonds. The molecule has 0 saturated carbocycles. The quantitative estimate of drug-likeness (QED) is 0.512. The molecule has 1 fully saturated rings. The molecule has 0 N–H and O–H groups in total. The molecular formula is C20H24O9. The van der Waals surface area contributed by atoms with E-state index in [0.717, 1.165) is 19.4 Å². The third-order valence-electron chi connectivity index (χ3n) is 4.26. The van der Waals surface area contributed by atoms with Gasteiger partial charge in [0.15, 0.2) is 6.10 Å². The molecule has 1 aliphatic heterocycles. The van der Waals surface area contributed by atoms with Crippen LogP contribution in [0.2, 0.25) is 0 Å². The van der Waals surface area contributed by atoms with Gasteiger partial charge in [-0.1, -0.05) is 17.7 Å². The van der Waals surface area contributed by atoms with E-state index in [1.165, 1.54) is 13.8 Å². The monoisotopic (exact) mass is 408 g/mol. The molecule has 2 rings (SSSR count). The summed E-state index contributed by atoms with van der Waals surface area (Å²) in [6.45, 7) is 6.46. The first-order valence-corrected chi connectivity index (χ1v) is 8.96. The highest BCUT2D eigenvalue weighted by atomic mass is 16.8. The fourth-order valence-corrected chi connectivity index (χ4v) is 3.01. The minimum absolute atomic E-state index is 0.320. The number of ether oxygens (including phenoxy) is 5. The SMILES string of the molecule is CC(=O)O[C@@H]1O[C@H](COC(=O)c2ccc(C)cc2)[C@@H](OC(C)=O)[C@@]1(C)OC(C)=O. The van der Waals surface area contributed by atoms with E-state index in [2.05, 4.69) is 0 Å². The van der Waals surface area contributed by atoms with E-state index in [1.54, 1.807) is 24.3 Å². The number of carbonyl (C=O) groups excluding carboxylic acids is 4. The van der Waals surface area contributed by atoms with Crippen LogP contribution in [0.15, 0.2) is 24.3 Å². The molecule has 0 aliphatic carbocycles. The molecule has 9 heteroatoms. The van der Waals surface area contributed by atoms with E-state index in [9.17, 15) is 19.2 Å². The fourth-order valence-electron chi connectivity index (χ4n) is 3.01. The maximum atomic E-state index is 12.3. The molecule has 0 bridgehead atoms. The van der Waals surface area contributed by atoms with Crippen molar-refractivity contribution in [2.24, 2.45) is 0 Å². The number of esters is 4. The molecule has 0 radical (unpaired) electrons. The Morgan fingerprint density at radius 1 is 0.966 bits per heavy atom. The molecule has 0 aromatic heterocycles. The summed E-state index contributed by atoms with van der Waals surface area (Å²) < 4.78 is 26.6. The van der Waals surface area contributed by atoms with Crippen molar-refractivity contribution in [3.63, 3.8) is 0 Å². The average molecular weight is 408 g/mol. The van der Waals surface area contributed by atoms with Crippen LogP contribution in [0.25, 0.3) is 0 Å². The van der Waals surface area contributed by atoms with Crippen molar-refractivity contribution >= 4 is 23.9 Å². The van der Waals surface area contributed by atoms with Crippen molar-refractivity contribution < 1.29 is 42.9 Å². The molecule has 29 heavy (non-hydrogen) atoms. The summed E-state index contributed by atoms with van der Waals surface area (Å²) in [6.07, 6.45) is -3.54. The van der Waals surface area contributed by atoms with Crippen molar-refractivity contribution in [3.8, 4) is 0 Å². The van der Waals surface area contributed by atoms with Gasteiger partial charge >= 0.3 is 23.9 Å². The topological polar surface area (TPSA) is 114 Å². The van der Waals surface area contributed by atoms with Crippen molar-refractivity contribution in [3.05, 3.63) is 35.4 Å². The van der Waals surface area contributed by atoms with Crippen LogP contribution in [0.4, 0.5) is 0 Å². The Balaban J connectivity index is 2.22. The fraction of sp³-hybridized carbons (Fsp3) is 0.500. The lowest BCUT2D eigenvalue weighted by molar-refractivity contribution is -0.219. The zero-order chi connectivity index (χ0) is 21.8. The third kappa shape index (κ3) is 5.54. The van der Waals surface area contributed by atoms with Crippen LogP contribution in [0.5, 0.6) is 0 Å². The Bertz CT molecular complexity index is 786. The number of benzene rings is 1. The summed E-state index contributed by atoms with van der Waals surface area (Å²) in [5.74, 6) is -2.66. The minimum Gasteiger partial charge on any atom is -0.459 e. The summed E-state index contributed by atoms with van der Waals surface area (Å²) in [5, 5.41) is 0. The maximum absolute atomic E-state index is 12.3. The largest absolute Gasteiger partial charge is 0.459 e. The lowest BCUT2D eigenvalue weighted by atomic mass is 9.96. The van der Waals surface area contributed by atoms with Gasteiger partial charge in [-0.3, -0.25) is 14.4 Å². The van der Waals surface area contributed by atoms with E-state index in [-0.39, 0.29) is 6.61 Å². The Morgan fingerprint density at radius 3 is 2.07 bits per heavy atom. The maximum Gasteiger partial charge on any atom is 0.338 e. The average Bonchev–Trinajstić information content (AvgIpc) is 2.84. The molecule has 1 aliphatic rings. The summed E-state index contributed by atoms with van der Waals surface area (Å²) in [7, 11) is 0. The van der Waals surface area contributed by atoms with Gasteiger partial charge < -0.3 is 23.7 Å². The minimum atomic E-state index is -1.62. The highest BCUT2D eigenvalue weighted by molar-refractivity contribution is 5.89. The third-order valence-corrected chi connectivity index (χ3v) is 4.26. The Labute approximate surface area is 168 Å². The Morgan fingerprint density at radius 2 is 1.55 bits per heavy atom. The molecule has 1 aromatic rings. The second kappa shape index (κ2) is 9.04. The van der Waals surface area contributed by atoms with Gasteiger partial charge in [0, 0.05) is 20.8 Å². The van der Waals surface area contributed by atoms with Crippen LogP contribution in [-0.4, -0.2) is 54.6 Å². The molecular weight excluding hydrogens is 384 g/mol. The van der Waals surface area contributed by atoms with Crippen molar-refractivity contribution in [2.45, 2.75) is 58.7 Å². The lowest BCUT2D eigenvalue weighted by Gasteiger charge is -2.32. The van der Waals surface area contributed by atoms with Crippen molar-refractivity contribution in [1.29, 1.82) is 0 Å².